The molecule has 1 unspecified atom stereocenters. The summed E-state index contributed by atoms with van der Waals surface area (Å²) in [6.45, 7) is 6.30. The van der Waals surface area contributed by atoms with E-state index in [0.717, 1.165) is 48.6 Å². The molecule has 0 saturated carbocycles. The first kappa shape index (κ1) is 18.4. The fourth-order valence-corrected chi connectivity index (χ4v) is 3.61. The molecule has 4 rings (SSSR count). The molecular weight excluding hydrogens is 352 g/mol. The highest BCUT2D eigenvalue weighted by Gasteiger charge is 2.20. The minimum absolute atomic E-state index is 0.0312. The van der Waals surface area contributed by atoms with Crippen LogP contribution in [0.5, 0.6) is 0 Å². The van der Waals surface area contributed by atoms with Gasteiger partial charge in [-0.25, -0.2) is 9.97 Å². The average Bonchev–Trinajstić information content (AvgIpc) is 3.16. The van der Waals surface area contributed by atoms with Crippen molar-refractivity contribution in [3.05, 3.63) is 54.5 Å². The number of piperazine rings is 1. The van der Waals surface area contributed by atoms with Crippen molar-refractivity contribution in [3.63, 3.8) is 0 Å². The third kappa shape index (κ3) is 3.71. The van der Waals surface area contributed by atoms with Gasteiger partial charge in [0.25, 0.3) is 0 Å². The van der Waals surface area contributed by atoms with Gasteiger partial charge in [0.1, 0.15) is 11.9 Å². The highest BCUT2D eigenvalue weighted by Crippen LogP contribution is 2.20. The van der Waals surface area contributed by atoms with Gasteiger partial charge in [-0.2, -0.15) is 0 Å². The molecule has 1 aliphatic rings. The van der Waals surface area contributed by atoms with E-state index in [4.69, 9.17) is 0 Å². The Balaban J connectivity index is 1.45. The lowest BCUT2D eigenvalue weighted by atomic mass is 10.2. The van der Waals surface area contributed by atoms with Crippen LogP contribution in [0.4, 0.5) is 5.82 Å². The number of likely N-dealkylation sites (N-methyl/N-ethyl adjacent to an activating group) is 1. The van der Waals surface area contributed by atoms with E-state index in [-0.39, 0.29) is 11.9 Å². The maximum atomic E-state index is 12.8. The number of anilines is 1. The predicted molar refractivity (Wildman–Crippen MR) is 110 cm³/mol. The minimum atomic E-state index is -0.337. The van der Waals surface area contributed by atoms with Crippen molar-refractivity contribution in [2.75, 3.05) is 38.1 Å². The number of benzene rings is 1. The second-order valence-corrected chi connectivity index (χ2v) is 7.31. The smallest absolute Gasteiger partial charge is 0.243 e. The molecule has 3 heterocycles. The molecule has 3 aromatic rings. The van der Waals surface area contributed by atoms with Crippen molar-refractivity contribution in [3.8, 4) is 0 Å². The summed E-state index contributed by atoms with van der Waals surface area (Å²) in [5.41, 5.74) is 2.90. The van der Waals surface area contributed by atoms with Crippen molar-refractivity contribution < 1.29 is 4.79 Å². The topological polar surface area (TPSA) is 66.3 Å². The summed E-state index contributed by atoms with van der Waals surface area (Å²) in [5, 5.41) is 3.08. The SMILES string of the molecule is CC(C(=O)NCc1cccnc1N1CCN(C)CC1)n1cnc2ccccc21. The van der Waals surface area contributed by atoms with E-state index in [1.807, 2.05) is 54.1 Å². The maximum Gasteiger partial charge on any atom is 0.243 e. The van der Waals surface area contributed by atoms with Crippen LogP contribution in [0.2, 0.25) is 0 Å². The van der Waals surface area contributed by atoms with Crippen LogP contribution in [0, 0.1) is 0 Å². The van der Waals surface area contributed by atoms with Gasteiger partial charge < -0.3 is 19.7 Å². The molecule has 1 saturated heterocycles. The summed E-state index contributed by atoms with van der Waals surface area (Å²) in [5.74, 6) is 0.938. The molecule has 146 valence electrons. The largest absolute Gasteiger partial charge is 0.354 e. The fraction of sp³-hybridized carbons (Fsp3) is 0.381. The number of aromatic nitrogens is 3. The highest BCUT2D eigenvalue weighted by molar-refractivity contribution is 5.83. The standard InChI is InChI=1S/C21H26N6O/c1-16(27-15-24-18-7-3-4-8-19(18)27)21(28)23-14-17-6-5-9-22-20(17)26-12-10-25(2)11-13-26/h3-9,15-16H,10-14H2,1-2H3,(H,23,28). The molecule has 7 heteroatoms. The number of nitrogens with one attached hydrogen (secondary N) is 1. The summed E-state index contributed by atoms with van der Waals surface area (Å²) in [6, 6.07) is 11.5. The zero-order valence-corrected chi connectivity index (χ0v) is 16.4. The van der Waals surface area contributed by atoms with Crippen molar-refractivity contribution in [2.24, 2.45) is 0 Å². The molecule has 7 nitrogen and oxygen atoms in total. The van der Waals surface area contributed by atoms with Gasteiger partial charge in [0, 0.05) is 44.5 Å². The number of imidazole rings is 1. The average molecular weight is 378 g/mol. The van der Waals surface area contributed by atoms with Crippen molar-refractivity contribution in [2.45, 2.75) is 19.5 Å². The van der Waals surface area contributed by atoms with Gasteiger partial charge in [0.05, 0.1) is 17.4 Å². The number of pyridine rings is 1. The van der Waals surface area contributed by atoms with E-state index >= 15 is 0 Å². The lowest BCUT2D eigenvalue weighted by Crippen LogP contribution is -2.45. The van der Waals surface area contributed by atoms with Gasteiger partial charge in [0.2, 0.25) is 5.91 Å². The van der Waals surface area contributed by atoms with Gasteiger partial charge in [-0.15, -0.1) is 0 Å². The van der Waals surface area contributed by atoms with Crippen LogP contribution in [0.3, 0.4) is 0 Å². The fourth-order valence-electron chi connectivity index (χ4n) is 3.61. The summed E-state index contributed by atoms with van der Waals surface area (Å²) in [7, 11) is 2.14. The van der Waals surface area contributed by atoms with Crippen molar-refractivity contribution in [1.29, 1.82) is 0 Å². The third-order valence-electron chi connectivity index (χ3n) is 5.40. The van der Waals surface area contributed by atoms with E-state index in [2.05, 4.69) is 32.1 Å². The Kier molecular flexibility index (Phi) is 5.25. The van der Waals surface area contributed by atoms with Gasteiger partial charge in [-0.1, -0.05) is 18.2 Å². The van der Waals surface area contributed by atoms with Crippen LogP contribution in [-0.2, 0) is 11.3 Å². The van der Waals surface area contributed by atoms with E-state index in [0.29, 0.717) is 6.54 Å². The molecule has 28 heavy (non-hydrogen) atoms. The molecule has 0 bridgehead atoms. The number of nitrogens with zero attached hydrogens (tertiary/aromatic N) is 5. The lowest BCUT2D eigenvalue weighted by molar-refractivity contribution is -0.123. The molecule has 0 spiro atoms. The van der Waals surface area contributed by atoms with E-state index in [9.17, 15) is 4.79 Å². The van der Waals surface area contributed by atoms with Gasteiger partial charge in [0.15, 0.2) is 0 Å². The number of hydrogen-bond donors (Lipinski definition) is 1. The Labute approximate surface area is 165 Å². The first-order valence-electron chi connectivity index (χ1n) is 9.70. The van der Waals surface area contributed by atoms with Crippen molar-refractivity contribution in [1.82, 2.24) is 24.8 Å². The van der Waals surface area contributed by atoms with Crippen LogP contribution in [0.1, 0.15) is 18.5 Å². The summed E-state index contributed by atoms with van der Waals surface area (Å²) >= 11 is 0. The van der Waals surface area contributed by atoms with E-state index in [1.165, 1.54) is 0 Å². The predicted octanol–water partition coefficient (Wildman–Crippen LogP) is 2.06. The summed E-state index contributed by atoms with van der Waals surface area (Å²) in [6.07, 6.45) is 3.55. The molecule has 1 aliphatic heterocycles. The normalized spacial score (nSPS) is 16.3. The van der Waals surface area contributed by atoms with Crippen LogP contribution in [0.15, 0.2) is 48.9 Å². The van der Waals surface area contributed by atoms with Crippen LogP contribution in [0.25, 0.3) is 11.0 Å². The molecule has 0 aliphatic carbocycles. The third-order valence-corrected chi connectivity index (χ3v) is 5.40. The van der Waals surface area contributed by atoms with E-state index in [1.54, 1.807) is 6.33 Å². The quantitative estimate of drug-likeness (QED) is 0.736. The highest BCUT2D eigenvalue weighted by atomic mass is 16.2. The monoisotopic (exact) mass is 378 g/mol. The maximum absolute atomic E-state index is 12.8. The number of rotatable bonds is 5. The molecule has 1 atom stereocenters. The Bertz CT molecular complexity index is 960. The van der Waals surface area contributed by atoms with Crippen LogP contribution in [-0.4, -0.2) is 58.6 Å². The molecule has 1 N–H and O–H groups in total. The number of carbonyl (C=O) groups excluding carboxylic acids is 1. The second kappa shape index (κ2) is 7.98. The number of hydrogen-bond acceptors (Lipinski definition) is 5. The molecular formula is C21H26N6O. The second-order valence-electron chi connectivity index (χ2n) is 7.31. The molecule has 1 aromatic carbocycles. The van der Waals surface area contributed by atoms with Crippen molar-refractivity contribution >= 4 is 22.8 Å². The minimum Gasteiger partial charge on any atom is -0.354 e. The van der Waals surface area contributed by atoms with Gasteiger partial charge in [-0.05, 0) is 32.2 Å². The number of carbonyl (C=O) groups is 1. The zero-order chi connectivity index (χ0) is 19.5. The Morgan fingerprint density at radius 3 is 2.71 bits per heavy atom. The van der Waals surface area contributed by atoms with Gasteiger partial charge in [-0.3, -0.25) is 4.79 Å². The van der Waals surface area contributed by atoms with E-state index < -0.39 is 0 Å². The van der Waals surface area contributed by atoms with Crippen LogP contribution < -0.4 is 10.2 Å². The number of amides is 1. The first-order chi connectivity index (χ1) is 13.6. The zero-order valence-electron chi connectivity index (χ0n) is 16.4. The number of para-hydroxylation sites is 2. The molecule has 2 aromatic heterocycles. The van der Waals surface area contributed by atoms with Gasteiger partial charge >= 0.3 is 0 Å². The molecule has 1 fully saturated rings. The van der Waals surface area contributed by atoms with Crippen LogP contribution >= 0.6 is 0 Å². The lowest BCUT2D eigenvalue weighted by Gasteiger charge is -2.34. The Morgan fingerprint density at radius 1 is 1.11 bits per heavy atom. The summed E-state index contributed by atoms with van der Waals surface area (Å²) in [4.78, 5) is 26.4. The Hall–Kier alpha value is -2.93. The molecule has 1 amide bonds. The first-order valence-corrected chi connectivity index (χ1v) is 9.70. The summed E-state index contributed by atoms with van der Waals surface area (Å²) < 4.78 is 1.91. The molecule has 0 radical (unpaired) electrons. The number of fused-ring (bicyclic) bond motifs is 1. The Morgan fingerprint density at radius 2 is 1.89 bits per heavy atom.